The number of carbonyl (C=O) groups is 1. The fraction of sp³-hybridized carbons (Fsp3) is 0.278. The van der Waals surface area contributed by atoms with Gasteiger partial charge in [-0.25, -0.2) is 0 Å². The largest absolute Gasteiger partial charge is 0.399 e. The van der Waals surface area contributed by atoms with Gasteiger partial charge >= 0.3 is 0 Å². The van der Waals surface area contributed by atoms with E-state index >= 15 is 0 Å². The Morgan fingerprint density at radius 3 is 2.57 bits per heavy atom. The van der Waals surface area contributed by atoms with Gasteiger partial charge in [0.2, 0.25) is 5.91 Å². The summed E-state index contributed by atoms with van der Waals surface area (Å²) >= 11 is 0. The van der Waals surface area contributed by atoms with Crippen LogP contribution in [0.1, 0.15) is 23.6 Å². The van der Waals surface area contributed by atoms with Gasteiger partial charge in [0, 0.05) is 18.8 Å². The van der Waals surface area contributed by atoms with Crippen molar-refractivity contribution in [2.24, 2.45) is 0 Å². The molecule has 0 saturated heterocycles. The lowest BCUT2D eigenvalue weighted by molar-refractivity contribution is -0.130. The van der Waals surface area contributed by atoms with Crippen molar-refractivity contribution in [1.82, 2.24) is 4.90 Å². The third-order valence-corrected chi connectivity index (χ3v) is 3.66. The molecule has 2 rings (SSSR count). The van der Waals surface area contributed by atoms with Gasteiger partial charge < -0.3 is 10.6 Å². The highest BCUT2D eigenvalue weighted by Gasteiger charge is 2.13. The molecule has 2 N–H and O–H groups in total. The van der Waals surface area contributed by atoms with Crippen LogP contribution >= 0.6 is 0 Å². The number of anilines is 1. The highest BCUT2D eigenvalue weighted by molar-refractivity contribution is 5.79. The quantitative estimate of drug-likeness (QED) is 0.856. The third-order valence-electron chi connectivity index (χ3n) is 3.66. The van der Waals surface area contributed by atoms with Crippen molar-refractivity contribution in [3.05, 3.63) is 65.2 Å². The summed E-state index contributed by atoms with van der Waals surface area (Å²) in [5, 5.41) is 0. The Balaban J connectivity index is 2.07. The van der Waals surface area contributed by atoms with Crippen molar-refractivity contribution in [3.8, 4) is 0 Å². The van der Waals surface area contributed by atoms with Gasteiger partial charge in [0.15, 0.2) is 0 Å². The molecule has 3 nitrogen and oxygen atoms in total. The van der Waals surface area contributed by atoms with Crippen LogP contribution in [-0.2, 0) is 17.8 Å². The molecule has 0 atom stereocenters. The van der Waals surface area contributed by atoms with Gasteiger partial charge in [0.1, 0.15) is 0 Å². The van der Waals surface area contributed by atoms with E-state index in [4.69, 9.17) is 5.73 Å². The predicted molar refractivity (Wildman–Crippen MR) is 86.8 cm³/mol. The van der Waals surface area contributed by atoms with Gasteiger partial charge in [-0.15, -0.1) is 0 Å². The van der Waals surface area contributed by atoms with E-state index in [1.165, 1.54) is 11.1 Å². The molecule has 0 saturated carbocycles. The second-order valence-corrected chi connectivity index (χ2v) is 5.26. The molecule has 1 amide bonds. The van der Waals surface area contributed by atoms with Crippen molar-refractivity contribution in [3.63, 3.8) is 0 Å². The highest BCUT2D eigenvalue weighted by Crippen LogP contribution is 2.13. The average molecular weight is 282 g/mol. The number of hydrogen-bond acceptors (Lipinski definition) is 2. The molecule has 0 aromatic heterocycles. The highest BCUT2D eigenvalue weighted by atomic mass is 16.2. The molecule has 2 aromatic carbocycles. The lowest BCUT2D eigenvalue weighted by Crippen LogP contribution is -2.31. The van der Waals surface area contributed by atoms with Gasteiger partial charge in [0.25, 0.3) is 0 Å². The number of hydrogen-bond donors (Lipinski definition) is 1. The van der Waals surface area contributed by atoms with Crippen LogP contribution in [0.25, 0.3) is 0 Å². The van der Waals surface area contributed by atoms with E-state index in [1.54, 1.807) is 0 Å². The summed E-state index contributed by atoms with van der Waals surface area (Å²) in [6, 6.07) is 15.7. The van der Waals surface area contributed by atoms with Crippen LogP contribution in [0.3, 0.4) is 0 Å². The zero-order chi connectivity index (χ0) is 15.2. The van der Waals surface area contributed by atoms with E-state index in [-0.39, 0.29) is 5.91 Å². The minimum absolute atomic E-state index is 0.131. The standard InChI is InChI=1S/C18H22N2O/c1-3-20(13-16-9-5-4-7-14(16)2)18(21)12-15-8-6-10-17(19)11-15/h4-11H,3,12-13,19H2,1-2H3. The normalized spacial score (nSPS) is 10.4. The Hall–Kier alpha value is -2.29. The second-order valence-electron chi connectivity index (χ2n) is 5.26. The molecule has 0 heterocycles. The Morgan fingerprint density at radius 2 is 1.90 bits per heavy atom. The number of aryl methyl sites for hydroxylation is 1. The number of benzene rings is 2. The first-order valence-electron chi connectivity index (χ1n) is 7.27. The SMILES string of the molecule is CCN(Cc1ccccc1C)C(=O)Cc1cccc(N)c1. The van der Waals surface area contributed by atoms with E-state index in [2.05, 4.69) is 19.1 Å². The van der Waals surface area contributed by atoms with Crippen molar-refractivity contribution < 1.29 is 4.79 Å². The first kappa shape index (κ1) is 15.1. The van der Waals surface area contributed by atoms with Crippen LogP contribution in [-0.4, -0.2) is 17.4 Å². The van der Waals surface area contributed by atoms with Crippen molar-refractivity contribution in [2.75, 3.05) is 12.3 Å². The first-order valence-corrected chi connectivity index (χ1v) is 7.27. The summed E-state index contributed by atoms with van der Waals surface area (Å²) in [6.07, 6.45) is 0.394. The summed E-state index contributed by atoms with van der Waals surface area (Å²) in [7, 11) is 0. The van der Waals surface area contributed by atoms with E-state index in [9.17, 15) is 4.79 Å². The summed E-state index contributed by atoms with van der Waals surface area (Å²) in [5.41, 5.74) is 9.83. The molecule has 3 heteroatoms. The second kappa shape index (κ2) is 6.93. The van der Waals surface area contributed by atoms with E-state index in [1.807, 2.05) is 48.2 Å². The molecule has 0 spiro atoms. The number of carbonyl (C=O) groups excluding carboxylic acids is 1. The van der Waals surface area contributed by atoms with Crippen LogP contribution in [0.2, 0.25) is 0 Å². The molecule has 2 aromatic rings. The molecule has 0 aliphatic rings. The fourth-order valence-electron chi connectivity index (χ4n) is 2.36. The molecular weight excluding hydrogens is 260 g/mol. The average Bonchev–Trinajstić information content (AvgIpc) is 2.46. The number of likely N-dealkylation sites (N-methyl/N-ethyl adjacent to an activating group) is 1. The Kier molecular flexibility index (Phi) is 4.99. The Bertz CT molecular complexity index is 622. The monoisotopic (exact) mass is 282 g/mol. The van der Waals surface area contributed by atoms with Crippen molar-refractivity contribution in [2.45, 2.75) is 26.8 Å². The molecular formula is C18H22N2O. The number of nitrogen functional groups attached to an aromatic ring is 1. The molecule has 0 fully saturated rings. The van der Waals surface area contributed by atoms with E-state index in [0.29, 0.717) is 25.2 Å². The molecule has 0 aliphatic heterocycles. The maximum Gasteiger partial charge on any atom is 0.227 e. The van der Waals surface area contributed by atoms with Crippen LogP contribution in [0, 0.1) is 6.92 Å². The molecule has 0 bridgehead atoms. The summed E-state index contributed by atoms with van der Waals surface area (Å²) in [4.78, 5) is 14.3. The fourth-order valence-corrected chi connectivity index (χ4v) is 2.36. The zero-order valence-electron chi connectivity index (χ0n) is 12.7. The Labute approximate surface area is 126 Å². The maximum absolute atomic E-state index is 12.5. The van der Waals surface area contributed by atoms with Gasteiger partial charge in [-0.05, 0) is 42.7 Å². The zero-order valence-corrected chi connectivity index (χ0v) is 12.7. The van der Waals surface area contributed by atoms with Gasteiger partial charge in [0.05, 0.1) is 6.42 Å². The van der Waals surface area contributed by atoms with Gasteiger partial charge in [-0.2, -0.15) is 0 Å². The number of nitrogens with two attached hydrogens (primary N) is 1. The summed E-state index contributed by atoms with van der Waals surface area (Å²) < 4.78 is 0. The topological polar surface area (TPSA) is 46.3 Å². The first-order chi connectivity index (χ1) is 10.1. The molecule has 110 valence electrons. The molecule has 21 heavy (non-hydrogen) atoms. The molecule has 0 aliphatic carbocycles. The van der Waals surface area contributed by atoms with Crippen LogP contribution < -0.4 is 5.73 Å². The van der Waals surface area contributed by atoms with E-state index in [0.717, 1.165) is 5.56 Å². The lowest BCUT2D eigenvalue weighted by Gasteiger charge is -2.22. The van der Waals surface area contributed by atoms with Crippen LogP contribution in [0.15, 0.2) is 48.5 Å². The number of amides is 1. The van der Waals surface area contributed by atoms with Gasteiger partial charge in [-0.1, -0.05) is 36.4 Å². The molecule has 0 unspecified atom stereocenters. The van der Waals surface area contributed by atoms with Gasteiger partial charge in [-0.3, -0.25) is 4.79 Å². The van der Waals surface area contributed by atoms with Crippen molar-refractivity contribution in [1.29, 1.82) is 0 Å². The summed E-state index contributed by atoms with van der Waals surface area (Å²) in [6.45, 7) is 5.45. The summed E-state index contributed by atoms with van der Waals surface area (Å²) in [5.74, 6) is 0.131. The number of nitrogens with zero attached hydrogens (tertiary/aromatic N) is 1. The number of rotatable bonds is 5. The molecule has 0 radical (unpaired) electrons. The van der Waals surface area contributed by atoms with Crippen molar-refractivity contribution >= 4 is 11.6 Å². The van der Waals surface area contributed by atoms with Crippen LogP contribution in [0.4, 0.5) is 5.69 Å². The third kappa shape index (κ3) is 4.09. The minimum atomic E-state index is 0.131. The smallest absolute Gasteiger partial charge is 0.227 e. The van der Waals surface area contributed by atoms with Crippen LogP contribution in [0.5, 0.6) is 0 Å². The van der Waals surface area contributed by atoms with E-state index < -0.39 is 0 Å². The maximum atomic E-state index is 12.5. The minimum Gasteiger partial charge on any atom is -0.399 e. The predicted octanol–water partition coefficient (Wildman–Crippen LogP) is 3.17. The lowest BCUT2D eigenvalue weighted by atomic mass is 10.1. The Morgan fingerprint density at radius 1 is 1.14 bits per heavy atom.